The molecule has 0 radical (unpaired) electrons. The van der Waals surface area contributed by atoms with E-state index in [-0.39, 0.29) is 31.1 Å². The fourth-order valence-corrected chi connectivity index (χ4v) is 2.94. The van der Waals surface area contributed by atoms with E-state index in [4.69, 9.17) is 0 Å². The number of rotatable bonds is 7. The van der Waals surface area contributed by atoms with Crippen molar-refractivity contribution < 1.29 is 35.9 Å². The molecule has 146 valence electrons. The molecule has 1 aliphatic rings. The van der Waals surface area contributed by atoms with Gasteiger partial charge in [-0.25, -0.2) is 9.78 Å². The fourth-order valence-electron chi connectivity index (χ4n) is 1.90. The maximum atomic E-state index is 12.7. The number of urea groups is 1. The topological polar surface area (TPSA) is 63.2 Å². The molecule has 1 aliphatic carbocycles. The van der Waals surface area contributed by atoms with E-state index in [0.717, 1.165) is 0 Å². The van der Waals surface area contributed by atoms with E-state index in [1.165, 1.54) is 18.3 Å². The molecule has 1 aromatic rings. The molecule has 1 fully saturated rings. The van der Waals surface area contributed by atoms with E-state index in [2.05, 4.69) is 20.4 Å². The minimum Gasteiger partial charge on any atom is -0.468 e. The van der Waals surface area contributed by atoms with Crippen molar-refractivity contribution in [2.75, 3.05) is 12.5 Å². The number of hydrogen-bond donors (Lipinski definition) is 2. The van der Waals surface area contributed by atoms with E-state index < -0.39 is 29.7 Å². The van der Waals surface area contributed by atoms with Crippen molar-refractivity contribution in [2.45, 2.75) is 36.5 Å². The molecule has 1 aromatic heterocycles. The number of hydrogen-bond acceptors (Lipinski definition) is 4. The maximum Gasteiger partial charge on any atom is 0.422 e. The number of aromatic nitrogens is 1. The van der Waals surface area contributed by atoms with Gasteiger partial charge in [-0.2, -0.15) is 26.3 Å². The molecule has 0 saturated heterocycles. The molecule has 0 aromatic carbocycles. The molecule has 26 heavy (non-hydrogen) atoms. The van der Waals surface area contributed by atoms with Crippen molar-refractivity contribution in [3.63, 3.8) is 0 Å². The van der Waals surface area contributed by atoms with Gasteiger partial charge in [-0.15, -0.1) is 11.8 Å². The van der Waals surface area contributed by atoms with Crippen LogP contribution in [0.25, 0.3) is 0 Å². The largest absolute Gasteiger partial charge is 0.468 e. The highest BCUT2D eigenvalue weighted by Gasteiger charge is 2.63. The van der Waals surface area contributed by atoms with Crippen LogP contribution in [0.4, 0.5) is 31.1 Å². The van der Waals surface area contributed by atoms with Gasteiger partial charge >= 0.3 is 18.4 Å². The standard InChI is InChI=1S/C14H15F6N3O2S/c15-13(16,17)7-25-10-5-9(1-4-21-10)6-22-11(24)23-8-26-12(2-3-12)14(18,19)20/h1,4-5H,2-3,6-8H2,(H2,22,23,24). The Labute approximate surface area is 148 Å². The van der Waals surface area contributed by atoms with Gasteiger partial charge in [0.15, 0.2) is 6.61 Å². The summed E-state index contributed by atoms with van der Waals surface area (Å²) in [4.78, 5) is 15.2. The number of pyridine rings is 1. The summed E-state index contributed by atoms with van der Waals surface area (Å²) in [5.41, 5.74) is 0.425. The molecule has 1 saturated carbocycles. The van der Waals surface area contributed by atoms with Gasteiger partial charge in [0, 0.05) is 18.8 Å². The van der Waals surface area contributed by atoms with Gasteiger partial charge < -0.3 is 15.4 Å². The fraction of sp³-hybridized carbons (Fsp3) is 0.571. The first kappa shape index (κ1) is 20.5. The van der Waals surface area contributed by atoms with Crippen molar-refractivity contribution in [2.24, 2.45) is 0 Å². The first-order valence-corrected chi connectivity index (χ1v) is 8.36. The number of halogens is 6. The second kappa shape index (κ2) is 7.80. The van der Waals surface area contributed by atoms with Crippen LogP contribution >= 0.6 is 11.8 Å². The van der Waals surface area contributed by atoms with Crippen molar-refractivity contribution >= 4 is 17.8 Å². The Morgan fingerprint density at radius 3 is 2.50 bits per heavy atom. The number of nitrogens with zero attached hydrogens (tertiary/aromatic N) is 1. The van der Waals surface area contributed by atoms with E-state index >= 15 is 0 Å². The quantitative estimate of drug-likeness (QED) is 0.539. The van der Waals surface area contributed by atoms with Crippen LogP contribution in [0.5, 0.6) is 5.88 Å². The maximum absolute atomic E-state index is 12.7. The van der Waals surface area contributed by atoms with Gasteiger partial charge in [0.2, 0.25) is 5.88 Å². The average molecular weight is 403 g/mol. The number of carbonyl (C=O) groups excluding carboxylic acids is 1. The third kappa shape index (κ3) is 6.15. The summed E-state index contributed by atoms with van der Waals surface area (Å²) in [6, 6.07) is 1.99. The zero-order chi connectivity index (χ0) is 19.4. The summed E-state index contributed by atoms with van der Waals surface area (Å²) in [5, 5.41) is 4.69. The second-order valence-corrected chi connectivity index (χ2v) is 6.91. The van der Waals surface area contributed by atoms with Crippen LogP contribution in [0.3, 0.4) is 0 Å². The van der Waals surface area contributed by atoms with Crippen LogP contribution in [-0.2, 0) is 6.54 Å². The van der Waals surface area contributed by atoms with Crippen molar-refractivity contribution in [3.8, 4) is 5.88 Å². The molecule has 1 heterocycles. The van der Waals surface area contributed by atoms with Gasteiger partial charge in [0.1, 0.15) is 4.75 Å². The highest BCUT2D eigenvalue weighted by molar-refractivity contribution is 8.01. The smallest absolute Gasteiger partial charge is 0.422 e. The molecule has 5 nitrogen and oxygen atoms in total. The molecule has 12 heteroatoms. The summed E-state index contributed by atoms with van der Waals surface area (Å²) < 4.78 is 77.2. The normalized spacial score (nSPS) is 16.1. The van der Waals surface area contributed by atoms with Crippen molar-refractivity contribution in [3.05, 3.63) is 23.9 Å². The third-order valence-corrected chi connectivity index (χ3v) is 4.92. The lowest BCUT2D eigenvalue weighted by molar-refractivity contribution is -0.154. The van der Waals surface area contributed by atoms with Crippen molar-refractivity contribution in [1.29, 1.82) is 0 Å². The molecule has 2 N–H and O–H groups in total. The number of amides is 2. The average Bonchev–Trinajstić information content (AvgIpc) is 3.32. The second-order valence-electron chi connectivity index (χ2n) is 5.55. The zero-order valence-corrected chi connectivity index (χ0v) is 14.0. The van der Waals surface area contributed by atoms with E-state index in [1.807, 2.05) is 0 Å². The first-order valence-electron chi connectivity index (χ1n) is 7.38. The highest BCUT2D eigenvalue weighted by Crippen LogP contribution is 2.58. The molecule has 0 bridgehead atoms. The Morgan fingerprint density at radius 2 is 1.92 bits per heavy atom. The Hall–Kier alpha value is -1.85. The lowest BCUT2D eigenvalue weighted by Crippen LogP contribution is -2.37. The van der Waals surface area contributed by atoms with Crippen LogP contribution in [0.15, 0.2) is 18.3 Å². The molecule has 0 aliphatic heterocycles. The molecule has 0 unspecified atom stereocenters. The van der Waals surface area contributed by atoms with E-state index in [9.17, 15) is 31.1 Å². The molecule has 2 rings (SSSR count). The molecular weight excluding hydrogens is 388 g/mol. The minimum atomic E-state index is -4.50. The van der Waals surface area contributed by atoms with Crippen LogP contribution in [-0.4, -0.2) is 40.6 Å². The van der Waals surface area contributed by atoms with Gasteiger partial charge in [0.05, 0.1) is 5.88 Å². The number of ether oxygens (including phenoxy) is 1. The van der Waals surface area contributed by atoms with E-state index in [0.29, 0.717) is 17.3 Å². The van der Waals surface area contributed by atoms with Crippen LogP contribution < -0.4 is 15.4 Å². The lowest BCUT2D eigenvalue weighted by atomic mass is 10.2. The number of alkyl halides is 6. The molecular formula is C14H15F6N3O2S. The molecule has 0 atom stereocenters. The first-order chi connectivity index (χ1) is 12.0. The number of thioether (sulfide) groups is 1. The number of nitrogens with one attached hydrogen (secondary N) is 2. The van der Waals surface area contributed by atoms with Crippen LogP contribution in [0, 0.1) is 0 Å². The SMILES string of the molecule is O=C(NCSC1(C(F)(F)F)CC1)NCc1ccnc(OCC(F)(F)F)c1. The summed E-state index contributed by atoms with van der Waals surface area (Å²) in [5.74, 6) is -0.458. The monoisotopic (exact) mass is 403 g/mol. The summed E-state index contributed by atoms with van der Waals surface area (Å²) in [6.45, 7) is -1.54. The Morgan fingerprint density at radius 1 is 1.23 bits per heavy atom. The third-order valence-electron chi connectivity index (χ3n) is 3.44. The number of carbonyl (C=O) groups is 1. The van der Waals surface area contributed by atoms with Gasteiger partial charge in [0.25, 0.3) is 0 Å². The Bertz CT molecular complexity index is 634. The minimum absolute atomic E-state index is 0.0299. The van der Waals surface area contributed by atoms with Gasteiger partial charge in [-0.1, -0.05) is 0 Å². The van der Waals surface area contributed by atoms with E-state index in [1.54, 1.807) is 0 Å². The zero-order valence-electron chi connectivity index (χ0n) is 13.2. The Kier molecular flexibility index (Phi) is 6.14. The summed E-state index contributed by atoms with van der Waals surface area (Å²) in [7, 11) is 0. The highest BCUT2D eigenvalue weighted by atomic mass is 32.2. The van der Waals surface area contributed by atoms with Crippen LogP contribution in [0.1, 0.15) is 18.4 Å². The summed E-state index contributed by atoms with van der Waals surface area (Å²) in [6.07, 6.45) is -7.52. The predicted octanol–water partition coefficient (Wildman–Crippen LogP) is 3.61. The van der Waals surface area contributed by atoms with Gasteiger partial charge in [-0.05, 0) is 24.5 Å². The summed E-state index contributed by atoms with van der Waals surface area (Å²) >= 11 is 0.625. The molecule has 2 amide bonds. The molecule has 0 spiro atoms. The van der Waals surface area contributed by atoms with Gasteiger partial charge in [-0.3, -0.25) is 0 Å². The lowest BCUT2D eigenvalue weighted by Gasteiger charge is -2.18. The van der Waals surface area contributed by atoms with Crippen molar-refractivity contribution in [1.82, 2.24) is 15.6 Å². The van der Waals surface area contributed by atoms with Crippen LogP contribution in [0.2, 0.25) is 0 Å². The Balaban J connectivity index is 1.72. The predicted molar refractivity (Wildman–Crippen MR) is 81.6 cm³/mol.